The second-order valence-electron chi connectivity index (χ2n) is 36.6. The number of phenolic OH excluding ortho intramolecular Hbond substituents is 3. The van der Waals surface area contributed by atoms with Crippen molar-refractivity contribution < 1.29 is 131 Å². The highest BCUT2D eigenvalue weighted by Crippen LogP contribution is 2.53. The number of ketones is 8. The molecule has 756 valence electrons. The number of carbonyl (C=O) groups is 16. The first kappa shape index (κ1) is 108. The molecule has 14 unspecified atom stereocenters. The zero-order valence-corrected chi connectivity index (χ0v) is 80.0. The molecule has 0 spiro atoms. The van der Waals surface area contributed by atoms with Gasteiger partial charge in [0.05, 0.1) is 103 Å². The van der Waals surface area contributed by atoms with Gasteiger partial charge in [0, 0.05) is 166 Å². The fraction of sp³-hybridized carbons (Fsp3) is 0.526. The maximum Gasteiger partial charge on any atom is 0.407 e. The molecule has 8 amide bonds. The molecule has 0 radical (unpaired) electrons. The van der Waals surface area contributed by atoms with Crippen LogP contribution in [-0.4, -0.2) is 274 Å². The van der Waals surface area contributed by atoms with Crippen molar-refractivity contribution in [1.29, 1.82) is 5.41 Å². The predicted molar refractivity (Wildman–Crippen MR) is 508 cm³/mol. The maximum absolute atomic E-state index is 15.4. The Kier molecular flexibility index (Phi) is 39.0. The molecule has 5 aliphatic rings. The number of aromatic amines is 2. The second kappa shape index (κ2) is 50.6. The first-order chi connectivity index (χ1) is 66.9. The third kappa shape index (κ3) is 28.4. The molecule has 2 aromatic heterocycles. The Balaban J connectivity index is 0.740. The number of fused-ring (bicyclic) bond motifs is 4. The lowest BCUT2D eigenvalue weighted by Crippen LogP contribution is -2.56. The number of rotatable bonds is 54. The fourth-order valence-corrected chi connectivity index (χ4v) is 20.4. The number of aromatic nitrogens is 3. The molecule has 3 aliphatic heterocycles. The number of nitrogens with zero attached hydrogens (tertiary/aromatic N) is 2. The Bertz CT molecular complexity index is 5540. The van der Waals surface area contributed by atoms with Crippen molar-refractivity contribution in [2.45, 2.75) is 235 Å². The highest BCUT2D eigenvalue weighted by Gasteiger charge is 2.52. The molecule has 5 heterocycles. The Hall–Kier alpha value is -12.5. The van der Waals surface area contributed by atoms with Gasteiger partial charge in [0.15, 0.2) is 52.7 Å². The topological polar surface area (TPSA) is 659 Å². The fourth-order valence-electron chi connectivity index (χ4n) is 18.6. The summed E-state index contributed by atoms with van der Waals surface area (Å²) >= 11 is 0. The number of primary amides is 1. The molecule has 3 saturated heterocycles. The van der Waals surface area contributed by atoms with Crippen molar-refractivity contribution in [1.82, 2.24) is 57.1 Å². The zero-order valence-electron chi connectivity index (χ0n) is 78.3. The Labute approximate surface area is 814 Å². The van der Waals surface area contributed by atoms with Gasteiger partial charge in [0.25, 0.3) is 0 Å². The predicted octanol–water partition coefficient (Wildman–Crippen LogP) is 3.63. The van der Waals surface area contributed by atoms with Gasteiger partial charge >= 0.3 is 6.09 Å². The summed E-state index contributed by atoms with van der Waals surface area (Å²) in [6.07, 6.45) is -4.71. The summed E-state index contributed by atoms with van der Waals surface area (Å²) in [5, 5.41) is 106. The lowest BCUT2D eigenvalue weighted by Gasteiger charge is -2.42. The van der Waals surface area contributed by atoms with Crippen molar-refractivity contribution in [3.8, 4) is 23.0 Å². The number of unbranched alkanes of at least 4 members (excludes halogenated alkanes) is 1. The van der Waals surface area contributed by atoms with Crippen LogP contribution in [-0.2, 0) is 102 Å². The molecule has 43 heteroatoms. The quantitative estimate of drug-likeness (QED) is 0.00851. The first-order valence-electron chi connectivity index (χ1n) is 47.0. The van der Waals surface area contributed by atoms with Gasteiger partial charge in [0.1, 0.15) is 47.9 Å². The number of nitrogens with two attached hydrogens (primary N) is 2. The molecule has 3 fully saturated rings. The van der Waals surface area contributed by atoms with E-state index in [1.165, 1.54) is 89.3 Å². The number of aliphatic hydroxyl groups excluding tert-OH is 3. The van der Waals surface area contributed by atoms with Gasteiger partial charge < -0.3 is 118 Å². The molecule has 4 aromatic carbocycles. The van der Waals surface area contributed by atoms with Gasteiger partial charge in [-0.2, -0.15) is 0 Å². The largest absolute Gasteiger partial charge is 0.508 e. The number of Topliss-reactive ketones (excluding diaryl/α,β-unsaturated/α-hetero) is 6. The number of para-hydroxylation sites is 1. The molecule has 0 bridgehead atoms. The number of phenols is 3. The summed E-state index contributed by atoms with van der Waals surface area (Å²) in [5.41, 5.74) is 8.48. The molecule has 140 heavy (non-hydrogen) atoms. The number of carbonyl (C=O) groups excluding carboxylic acids is 16. The van der Waals surface area contributed by atoms with Gasteiger partial charge in [-0.05, 0) is 106 Å². The number of imidazole rings is 1. The van der Waals surface area contributed by atoms with Crippen molar-refractivity contribution in [3.05, 3.63) is 136 Å². The first-order valence-corrected chi connectivity index (χ1v) is 49.5. The van der Waals surface area contributed by atoms with E-state index in [2.05, 4.69) is 52.2 Å². The number of amides is 8. The molecule has 15 atom stereocenters. The number of H-pyrrole nitrogens is 2. The summed E-state index contributed by atoms with van der Waals surface area (Å²) in [6.45, 7) is 3.18. The summed E-state index contributed by atoms with van der Waals surface area (Å²) in [5.74, 6) is -17.0. The summed E-state index contributed by atoms with van der Waals surface area (Å²) in [4.78, 5) is 236. The average molecular weight is 1980 g/mol. The normalized spacial score (nSPS) is 20.2. The number of aliphatic hydroxyl groups is 4. The van der Waals surface area contributed by atoms with Crippen LogP contribution in [0.2, 0.25) is 0 Å². The van der Waals surface area contributed by atoms with Crippen LogP contribution in [0.15, 0.2) is 85.5 Å². The van der Waals surface area contributed by atoms with Gasteiger partial charge in [-0.25, -0.2) is 9.78 Å². The van der Waals surface area contributed by atoms with Crippen molar-refractivity contribution >= 4 is 132 Å². The van der Waals surface area contributed by atoms with Gasteiger partial charge in [-0.3, -0.25) is 77.3 Å². The van der Waals surface area contributed by atoms with Gasteiger partial charge in [-0.15, -0.1) is 0 Å². The Morgan fingerprint density at radius 1 is 0.714 bits per heavy atom. The molecular weight excluding hydrogens is 1860 g/mol. The SMILES string of the molecule is COc1cccc2c1C(=O)c1c(O)c3c(c(O)c1C2=O)CC(O)(C(=O)CO)CC3OC1CC(NC(=O)OCCSSCCC(=O)NCCCCC(CC(=O)C(Cc2ccc(O)cc2)NC(=O)C(CO)CC(=O)C(Cc2c[nH]c3ccccc23)NC(=O)C(CC(=O)C2CCC(=O)N2)Cc2c[nH]cn2)C(=O)NC(CC(C)C)C(=O)CC(CCCNC(=N)N)C(=O)N2CCC[C@@H]2C(=O)CCC(N)=O)C(O)C(C)O1. The lowest BCUT2D eigenvalue weighted by atomic mass is 9.72. The number of likely N-dealkylation sites (tertiary alicyclic amines) is 1. The minimum atomic E-state index is -2.46. The Morgan fingerprint density at radius 3 is 2.07 bits per heavy atom. The van der Waals surface area contributed by atoms with Crippen LogP contribution in [0.25, 0.3) is 10.9 Å². The standard InChI is InChI=1S/C97H124N14O27S2/c1-50(2)34-65(73(118)39-54(13-10-29-103-95(99)100)94(132)111-30-11-17-69(111)70(115)24-25-78(98)121)107-91(129)53(38-72(117)66(35-52-19-21-59(114)22-20-52)108-93(131)57(47-112)41-74(119)67(37-56-45-104-63-16-6-5-14-60(56)63)109-92(130)55(36-58-46-101-49-105-58)40-71(116)64-23-26-80(123)106-64)12-7-8-28-102-79(122)27-32-139-140-33-31-136-96(133)110-68-42-81(137-51(3)86(68)124)138-76-44-97(134,77(120)48-113)43-62-83(76)90(128)85-84(88(62)126)87(125)61-15-9-18-75(135-4)82(61)89(85)127/h5-6,9,14-16,18-22,45-46,49-51,53-55,57,64-69,76,81,86,104,112-114,124,126,128,134H,7-8,10-13,17,23-44,47-48H2,1-4H3,(H2,98,121)(H,101,105)(H,102,122)(H,106,123)(H,107,129)(H,108,131)(H,109,130)(H,110,133)(H4,99,100,103)/t51?,53?,54?,55?,57?,64?,65?,66?,67?,68?,69-,76?,81?,86?,97?/m1/s1. The van der Waals surface area contributed by atoms with E-state index in [0.717, 1.165) is 0 Å². The van der Waals surface area contributed by atoms with E-state index in [1.807, 2.05) is 0 Å². The number of methoxy groups -OCH3 is 1. The van der Waals surface area contributed by atoms with E-state index in [4.69, 9.17) is 35.8 Å². The van der Waals surface area contributed by atoms with Crippen LogP contribution in [0.1, 0.15) is 209 Å². The zero-order chi connectivity index (χ0) is 101. The van der Waals surface area contributed by atoms with E-state index >= 15 is 19.2 Å². The van der Waals surface area contributed by atoms with E-state index < -0.39 is 234 Å². The average Bonchev–Trinajstić information content (AvgIpc) is 1.06. The lowest BCUT2D eigenvalue weighted by molar-refractivity contribution is -0.249. The van der Waals surface area contributed by atoms with Crippen molar-refractivity contribution in [2.75, 3.05) is 58.1 Å². The number of alkyl carbamates (subject to hydrolysis) is 1. The van der Waals surface area contributed by atoms with E-state index in [0.29, 0.717) is 40.6 Å². The molecule has 0 saturated carbocycles. The maximum atomic E-state index is 15.4. The summed E-state index contributed by atoms with van der Waals surface area (Å²) in [6, 6.07) is 10.00. The number of nitrogens with one attached hydrogen (secondary N) is 10. The van der Waals surface area contributed by atoms with Crippen LogP contribution in [0, 0.1) is 35.0 Å². The molecule has 11 rings (SSSR count). The van der Waals surface area contributed by atoms with Gasteiger partial charge in [0.2, 0.25) is 47.1 Å². The Morgan fingerprint density at radius 2 is 1.39 bits per heavy atom. The van der Waals surface area contributed by atoms with Gasteiger partial charge in [-0.1, -0.05) is 84.3 Å². The van der Waals surface area contributed by atoms with E-state index in [1.54, 1.807) is 50.5 Å². The van der Waals surface area contributed by atoms with Crippen LogP contribution in [0.5, 0.6) is 23.0 Å². The molecule has 21 N–H and O–H groups in total. The monoisotopic (exact) mass is 1980 g/mol. The highest BCUT2D eigenvalue weighted by atomic mass is 33.1. The van der Waals surface area contributed by atoms with E-state index in [9.17, 15) is 93.3 Å². The number of hydrogen-bond donors (Lipinski definition) is 19. The molecule has 6 aromatic rings. The van der Waals surface area contributed by atoms with E-state index in [-0.39, 0.29) is 204 Å². The van der Waals surface area contributed by atoms with Crippen LogP contribution >= 0.6 is 21.6 Å². The summed E-state index contributed by atoms with van der Waals surface area (Å²) in [7, 11) is 3.82. The van der Waals surface area contributed by atoms with Crippen molar-refractivity contribution in [3.63, 3.8) is 0 Å². The number of aromatic hydroxyl groups is 3. The smallest absolute Gasteiger partial charge is 0.407 e. The third-order valence-corrected chi connectivity index (χ3v) is 28.4. The minimum absolute atomic E-state index is 0.000470. The number of guanidine groups is 1. The molecule has 41 nitrogen and oxygen atoms in total. The molecular formula is C97H124N14O27S2. The minimum Gasteiger partial charge on any atom is -0.508 e. The summed E-state index contributed by atoms with van der Waals surface area (Å²) < 4.78 is 23.1. The number of benzene rings is 4. The second-order valence-corrected chi connectivity index (χ2v) is 39.3. The molecule has 2 aliphatic carbocycles. The van der Waals surface area contributed by atoms with Crippen molar-refractivity contribution in [2.24, 2.45) is 41.1 Å². The van der Waals surface area contributed by atoms with Crippen LogP contribution in [0.3, 0.4) is 0 Å². The van der Waals surface area contributed by atoms with Crippen LogP contribution in [0.4, 0.5) is 4.79 Å². The third-order valence-electron chi connectivity index (χ3n) is 26.0. The number of ether oxygens (including phenoxy) is 4. The highest BCUT2D eigenvalue weighted by molar-refractivity contribution is 8.76. The number of hydrogen-bond acceptors (Lipinski definition) is 31. The van der Waals surface area contributed by atoms with Crippen LogP contribution < -0.4 is 53.4 Å².